The van der Waals surface area contributed by atoms with E-state index in [2.05, 4.69) is 27.6 Å². The lowest BCUT2D eigenvalue weighted by molar-refractivity contribution is -0.937. The first-order chi connectivity index (χ1) is 14.8. The lowest BCUT2D eigenvalue weighted by Gasteiger charge is -2.34. The minimum atomic E-state index is -0.505. The van der Waals surface area contributed by atoms with Crippen molar-refractivity contribution >= 4 is 5.97 Å². The number of aliphatic hydroxyl groups excluding tert-OH is 1. The molecule has 1 unspecified atom stereocenters. The van der Waals surface area contributed by atoms with Gasteiger partial charge in [0, 0.05) is 5.57 Å². The fourth-order valence-electron chi connectivity index (χ4n) is 3.95. The molecule has 0 heterocycles. The molecule has 1 atom stereocenters. The molecule has 192 valence electrons. The number of nitrogens with zero attached hydrogens (tertiary/aromatic N) is 1. The van der Waals surface area contributed by atoms with Crippen molar-refractivity contribution in [1.82, 2.24) is 0 Å². The molecule has 1 N–H and O–H groups in total. The minimum Gasteiger partial charge on any atom is -1.00 e. The molecular weight excluding hydrogens is 422 g/mol. The molecule has 0 saturated carbocycles. The molecule has 5 heteroatoms. The van der Waals surface area contributed by atoms with Crippen LogP contribution in [0.25, 0.3) is 0 Å². The van der Waals surface area contributed by atoms with E-state index in [9.17, 15) is 9.90 Å². The second kappa shape index (κ2) is 22.2. The Bertz CT molecular complexity index is 454. The second-order valence-electron chi connectivity index (χ2n) is 9.99. The third-order valence-corrected chi connectivity index (χ3v) is 6.35. The monoisotopic (exact) mass is 475 g/mol. The van der Waals surface area contributed by atoms with Crippen molar-refractivity contribution in [3.63, 3.8) is 0 Å². The van der Waals surface area contributed by atoms with Crippen LogP contribution in [0.1, 0.15) is 123 Å². The SMILES string of the molecule is C=C(C)C(=O)OCCC(O)[N+](C)(C)CCCCCCCCCCCCCCCCCC.[Cl-]. The first-order valence-corrected chi connectivity index (χ1v) is 13.1. The molecular formula is C27H54ClNO3. The number of unbranched alkanes of at least 4 members (excludes halogenated alkanes) is 15. The number of halogens is 1. The largest absolute Gasteiger partial charge is 1.00 e. The Morgan fingerprint density at radius 3 is 1.56 bits per heavy atom. The summed E-state index contributed by atoms with van der Waals surface area (Å²) in [6.45, 7) is 8.68. The molecule has 0 saturated heterocycles. The van der Waals surface area contributed by atoms with E-state index >= 15 is 0 Å². The Hall–Kier alpha value is -0.580. The predicted octanol–water partition coefficient (Wildman–Crippen LogP) is 4.16. The zero-order chi connectivity index (χ0) is 23.4. The van der Waals surface area contributed by atoms with Crippen LogP contribution < -0.4 is 12.4 Å². The van der Waals surface area contributed by atoms with Gasteiger partial charge >= 0.3 is 5.97 Å². The van der Waals surface area contributed by atoms with E-state index in [-0.39, 0.29) is 25.0 Å². The van der Waals surface area contributed by atoms with Gasteiger partial charge in [-0.15, -0.1) is 0 Å². The molecule has 4 nitrogen and oxygen atoms in total. The van der Waals surface area contributed by atoms with Crippen LogP contribution in [-0.2, 0) is 9.53 Å². The first kappa shape index (κ1) is 33.6. The Morgan fingerprint density at radius 1 is 0.812 bits per heavy atom. The summed E-state index contributed by atoms with van der Waals surface area (Å²) in [5.41, 5.74) is 0.399. The average molecular weight is 476 g/mol. The molecule has 0 aliphatic rings. The number of carbonyl (C=O) groups is 1. The van der Waals surface area contributed by atoms with Gasteiger partial charge in [-0.05, 0) is 19.8 Å². The number of rotatable bonds is 22. The van der Waals surface area contributed by atoms with Gasteiger partial charge in [-0.3, -0.25) is 0 Å². The van der Waals surface area contributed by atoms with Crippen molar-refractivity contribution in [3.8, 4) is 0 Å². The van der Waals surface area contributed by atoms with Crippen molar-refractivity contribution in [2.24, 2.45) is 0 Å². The van der Waals surface area contributed by atoms with Crippen LogP contribution in [0.4, 0.5) is 0 Å². The molecule has 0 amide bonds. The summed E-state index contributed by atoms with van der Waals surface area (Å²) in [5.74, 6) is -0.379. The Kier molecular flexibility index (Phi) is 23.3. The number of quaternary nitrogens is 1. The number of esters is 1. The summed E-state index contributed by atoms with van der Waals surface area (Å²) >= 11 is 0. The lowest BCUT2D eigenvalue weighted by atomic mass is 10.0. The molecule has 0 aromatic carbocycles. The molecule has 0 bridgehead atoms. The number of hydrogen-bond acceptors (Lipinski definition) is 3. The van der Waals surface area contributed by atoms with Crippen LogP contribution in [-0.4, -0.2) is 49.0 Å². The molecule has 32 heavy (non-hydrogen) atoms. The molecule has 0 spiro atoms. The van der Waals surface area contributed by atoms with E-state index in [4.69, 9.17) is 4.74 Å². The van der Waals surface area contributed by atoms with Crippen LogP contribution in [0.2, 0.25) is 0 Å². The van der Waals surface area contributed by atoms with E-state index in [1.165, 1.54) is 96.3 Å². The molecule has 0 rings (SSSR count). The summed E-state index contributed by atoms with van der Waals surface area (Å²) < 4.78 is 5.65. The van der Waals surface area contributed by atoms with Gasteiger partial charge in [0.1, 0.15) is 0 Å². The number of ether oxygens (including phenoxy) is 1. The number of aliphatic hydroxyl groups is 1. The van der Waals surface area contributed by atoms with Gasteiger partial charge in [0.25, 0.3) is 0 Å². The smallest absolute Gasteiger partial charge is 0.333 e. The number of hydrogen-bond donors (Lipinski definition) is 1. The van der Waals surface area contributed by atoms with E-state index < -0.39 is 6.23 Å². The number of carbonyl (C=O) groups excluding carboxylic acids is 1. The summed E-state index contributed by atoms with van der Waals surface area (Å²) in [6, 6.07) is 0. The Balaban J connectivity index is 0. The van der Waals surface area contributed by atoms with Crippen LogP contribution in [0.3, 0.4) is 0 Å². The van der Waals surface area contributed by atoms with Crippen LogP contribution in [0.5, 0.6) is 0 Å². The van der Waals surface area contributed by atoms with E-state index in [0.29, 0.717) is 16.5 Å². The normalized spacial score (nSPS) is 12.3. The molecule has 0 aromatic heterocycles. The predicted molar refractivity (Wildman–Crippen MR) is 133 cm³/mol. The van der Waals surface area contributed by atoms with E-state index in [0.717, 1.165) is 13.0 Å². The van der Waals surface area contributed by atoms with Crippen molar-refractivity contribution in [3.05, 3.63) is 12.2 Å². The highest BCUT2D eigenvalue weighted by Gasteiger charge is 2.25. The van der Waals surface area contributed by atoms with Gasteiger partial charge in [-0.25, -0.2) is 4.79 Å². The van der Waals surface area contributed by atoms with Crippen LogP contribution in [0.15, 0.2) is 12.2 Å². The maximum absolute atomic E-state index is 11.4. The zero-order valence-corrected chi connectivity index (χ0v) is 22.6. The van der Waals surface area contributed by atoms with E-state index in [1.807, 2.05) is 0 Å². The third-order valence-electron chi connectivity index (χ3n) is 6.35. The van der Waals surface area contributed by atoms with Crippen molar-refractivity contribution in [2.75, 3.05) is 27.2 Å². The summed E-state index contributed by atoms with van der Waals surface area (Å²) in [5, 5.41) is 10.4. The zero-order valence-electron chi connectivity index (χ0n) is 21.8. The fourth-order valence-corrected chi connectivity index (χ4v) is 3.95. The van der Waals surface area contributed by atoms with E-state index in [1.54, 1.807) is 6.92 Å². The quantitative estimate of drug-likeness (QED) is 0.0840. The topological polar surface area (TPSA) is 46.5 Å². The highest BCUT2D eigenvalue weighted by molar-refractivity contribution is 5.86. The molecule has 0 aliphatic carbocycles. The van der Waals surface area contributed by atoms with Crippen molar-refractivity contribution in [2.45, 2.75) is 129 Å². The van der Waals surface area contributed by atoms with Gasteiger partial charge in [0.15, 0.2) is 6.23 Å². The second-order valence-corrected chi connectivity index (χ2v) is 9.99. The van der Waals surface area contributed by atoms with Gasteiger partial charge in [0.2, 0.25) is 0 Å². The van der Waals surface area contributed by atoms with Gasteiger partial charge < -0.3 is 26.7 Å². The molecule has 0 fully saturated rings. The van der Waals surface area contributed by atoms with Crippen LogP contribution in [0, 0.1) is 0 Å². The van der Waals surface area contributed by atoms with Crippen LogP contribution >= 0.6 is 0 Å². The maximum Gasteiger partial charge on any atom is 0.333 e. The average Bonchev–Trinajstić information content (AvgIpc) is 2.73. The molecule has 0 radical (unpaired) electrons. The Morgan fingerprint density at radius 2 is 1.19 bits per heavy atom. The third kappa shape index (κ3) is 20.1. The maximum atomic E-state index is 11.4. The van der Waals surface area contributed by atoms with Crippen molar-refractivity contribution < 1.29 is 31.5 Å². The Labute approximate surface area is 206 Å². The highest BCUT2D eigenvalue weighted by Crippen LogP contribution is 2.15. The molecule has 0 aliphatic heterocycles. The highest BCUT2D eigenvalue weighted by atomic mass is 35.5. The van der Waals surface area contributed by atoms with Gasteiger partial charge in [-0.1, -0.05) is 103 Å². The fraction of sp³-hybridized carbons (Fsp3) is 0.889. The summed E-state index contributed by atoms with van der Waals surface area (Å²) in [7, 11) is 4.10. The first-order valence-electron chi connectivity index (χ1n) is 13.1. The summed E-state index contributed by atoms with van der Waals surface area (Å²) in [4.78, 5) is 11.4. The van der Waals surface area contributed by atoms with Crippen molar-refractivity contribution in [1.29, 1.82) is 0 Å². The van der Waals surface area contributed by atoms with Gasteiger partial charge in [0.05, 0.1) is 33.7 Å². The molecule has 0 aromatic rings. The lowest BCUT2D eigenvalue weighted by Crippen LogP contribution is -3.00. The standard InChI is InChI=1S/C27H54NO3.ClH/c1-6-7-8-9-10-11-12-13-14-15-16-17-18-19-20-21-23-28(4,5)26(29)22-24-31-27(30)25(2)3;/h26,29H,2,6-24H2,1,3-5H3;1H/q+1;/p-1. The minimum absolute atomic E-state index is 0. The summed E-state index contributed by atoms with van der Waals surface area (Å²) in [6.07, 6.45) is 21.9. The van der Waals surface area contributed by atoms with Gasteiger partial charge in [-0.2, -0.15) is 0 Å².